The molecule has 126 valence electrons. The Hall–Kier alpha value is -1.10. The number of aliphatic hydroxyl groups is 1. The molecule has 2 fully saturated rings. The van der Waals surface area contributed by atoms with Crippen molar-refractivity contribution in [1.29, 1.82) is 0 Å². The minimum atomic E-state index is -0.397. The molecule has 0 aromatic carbocycles. The van der Waals surface area contributed by atoms with Crippen LogP contribution in [-0.4, -0.2) is 47.6 Å². The number of hydrogen-bond acceptors (Lipinski definition) is 3. The summed E-state index contributed by atoms with van der Waals surface area (Å²) in [5.74, 6) is 1.32. The lowest BCUT2D eigenvalue weighted by molar-refractivity contribution is -0.138. The number of likely N-dealkylation sites (tertiary alicyclic amines) is 1. The van der Waals surface area contributed by atoms with Gasteiger partial charge in [-0.1, -0.05) is 20.8 Å². The smallest absolute Gasteiger partial charge is 0.245 e. The number of carbonyl (C=O) groups excluding carboxylic acids is 2. The number of aliphatic hydroxyl groups excluding tert-OH is 1. The van der Waals surface area contributed by atoms with Crippen LogP contribution in [-0.2, 0) is 9.59 Å². The van der Waals surface area contributed by atoms with Gasteiger partial charge in [0.25, 0.3) is 0 Å². The van der Waals surface area contributed by atoms with Crippen molar-refractivity contribution < 1.29 is 14.7 Å². The van der Waals surface area contributed by atoms with E-state index in [0.717, 1.165) is 19.3 Å². The summed E-state index contributed by atoms with van der Waals surface area (Å²) in [4.78, 5) is 26.8. The quantitative estimate of drug-likeness (QED) is 0.779. The third-order valence-corrected chi connectivity index (χ3v) is 4.95. The van der Waals surface area contributed by atoms with Crippen LogP contribution in [0.4, 0.5) is 0 Å². The van der Waals surface area contributed by atoms with E-state index in [1.54, 1.807) is 0 Å². The molecule has 5 nitrogen and oxygen atoms in total. The molecular weight excluding hydrogens is 280 g/mol. The molecule has 1 aliphatic heterocycles. The van der Waals surface area contributed by atoms with E-state index in [1.807, 2.05) is 4.90 Å². The van der Waals surface area contributed by atoms with Crippen LogP contribution in [0.1, 0.15) is 46.5 Å². The van der Waals surface area contributed by atoms with E-state index in [4.69, 9.17) is 0 Å². The highest BCUT2D eigenvalue weighted by Gasteiger charge is 2.41. The van der Waals surface area contributed by atoms with Crippen LogP contribution in [0, 0.1) is 23.7 Å². The van der Waals surface area contributed by atoms with Crippen molar-refractivity contribution in [2.75, 3.05) is 19.7 Å². The van der Waals surface area contributed by atoms with Crippen molar-refractivity contribution in [1.82, 2.24) is 10.2 Å². The van der Waals surface area contributed by atoms with E-state index in [1.165, 1.54) is 0 Å². The monoisotopic (exact) mass is 310 g/mol. The number of carbonyl (C=O) groups is 2. The molecule has 1 aliphatic carbocycles. The van der Waals surface area contributed by atoms with E-state index in [0.29, 0.717) is 37.3 Å². The van der Waals surface area contributed by atoms with Crippen molar-refractivity contribution in [3.05, 3.63) is 0 Å². The molecule has 0 bridgehead atoms. The Labute approximate surface area is 133 Å². The fourth-order valence-electron chi connectivity index (χ4n) is 3.22. The zero-order chi connectivity index (χ0) is 16.3. The Morgan fingerprint density at radius 3 is 2.32 bits per heavy atom. The van der Waals surface area contributed by atoms with Crippen LogP contribution in [0.2, 0.25) is 0 Å². The van der Waals surface area contributed by atoms with Gasteiger partial charge in [-0.05, 0) is 43.4 Å². The summed E-state index contributed by atoms with van der Waals surface area (Å²) >= 11 is 0. The highest BCUT2D eigenvalue weighted by Crippen LogP contribution is 2.37. The fourth-order valence-corrected chi connectivity index (χ4v) is 3.22. The van der Waals surface area contributed by atoms with E-state index in [2.05, 4.69) is 26.1 Å². The molecule has 22 heavy (non-hydrogen) atoms. The van der Waals surface area contributed by atoms with Crippen LogP contribution in [0.15, 0.2) is 0 Å². The van der Waals surface area contributed by atoms with Gasteiger partial charge in [-0.25, -0.2) is 0 Å². The summed E-state index contributed by atoms with van der Waals surface area (Å²) in [6.07, 6.45) is 3.33. The molecule has 1 saturated carbocycles. The minimum Gasteiger partial charge on any atom is -0.396 e. The van der Waals surface area contributed by atoms with Crippen molar-refractivity contribution >= 4 is 11.8 Å². The van der Waals surface area contributed by atoms with Crippen molar-refractivity contribution in [3.63, 3.8) is 0 Å². The second-order valence-electron chi connectivity index (χ2n) is 7.46. The van der Waals surface area contributed by atoms with Gasteiger partial charge in [-0.3, -0.25) is 9.59 Å². The number of amides is 2. The molecule has 1 saturated heterocycles. The van der Waals surface area contributed by atoms with Gasteiger partial charge in [0, 0.05) is 25.6 Å². The first-order valence-corrected chi connectivity index (χ1v) is 8.62. The number of rotatable bonds is 6. The van der Waals surface area contributed by atoms with Gasteiger partial charge in [0.1, 0.15) is 6.04 Å². The number of nitrogens with one attached hydrogen (secondary N) is 1. The molecule has 5 heteroatoms. The first kappa shape index (κ1) is 17.3. The molecule has 0 aromatic heterocycles. The average Bonchev–Trinajstić information content (AvgIpc) is 3.22. The van der Waals surface area contributed by atoms with Gasteiger partial charge in [0.2, 0.25) is 11.8 Å². The number of nitrogens with zero attached hydrogens (tertiary/aromatic N) is 1. The summed E-state index contributed by atoms with van der Waals surface area (Å²) in [7, 11) is 0. The molecule has 2 amide bonds. The van der Waals surface area contributed by atoms with Gasteiger partial charge in [-0.15, -0.1) is 0 Å². The largest absolute Gasteiger partial charge is 0.396 e. The Morgan fingerprint density at radius 2 is 1.86 bits per heavy atom. The lowest BCUT2D eigenvalue weighted by Crippen LogP contribution is -2.51. The summed E-state index contributed by atoms with van der Waals surface area (Å²) < 4.78 is 0. The minimum absolute atomic E-state index is 0.0387. The third-order valence-electron chi connectivity index (χ3n) is 4.95. The molecule has 0 spiro atoms. The molecule has 1 heterocycles. The van der Waals surface area contributed by atoms with Crippen LogP contribution in [0.3, 0.4) is 0 Å². The molecule has 0 aromatic rings. The van der Waals surface area contributed by atoms with Gasteiger partial charge >= 0.3 is 0 Å². The topological polar surface area (TPSA) is 69.6 Å². The zero-order valence-corrected chi connectivity index (χ0v) is 14.0. The normalized spacial score (nSPS) is 26.9. The van der Waals surface area contributed by atoms with Crippen LogP contribution in [0.5, 0.6) is 0 Å². The number of piperidine rings is 1. The van der Waals surface area contributed by atoms with Crippen molar-refractivity contribution in [3.8, 4) is 0 Å². The summed E-state index contributed by atoms with van der Waals surface area (Å²) in [6, 6.07) is -0.397. The molecular formula is C17H30N2O3. The molecule has 2 aliphatic rings. The van der Waals surface area contributed by atoms with Crippen LogP contribution >= 0.6 is 0 Å². The van der Waals surface area contributed by atoms with Gasteiger partial charge in [0.05, 0.1) is 0 Å². The van der Waals surface area contributed by atoms with E-state index in [9.17, 15) is 14.7 Å². The number of hydrogen-bond donors (Lipinski definition) is 2. The molecule has 3 unspecified atom stereocenters. The molecule has 2 rings (SSSR count). The van der Waals surface area contributed by atoms with Crippen molar-refractivity contribution in [2.45, 2.75) is 52.5 Å². The van der Waals surface area contributed by atoms with Gasteiger partial charge in [0.15, 0.2) is 0 Å². The highest BCUT2D eigenvalue weighted by atomic mass is 16.3. The first-order valence-electron chi connectivity index (χ1n) is 8.62. The fraction of sp³-hybridized carbons (Fsp3) is 0.882. The maximum atomic E-state index is 12.7. The maximum Gasteiger partial charge on any atom is 0.245 e. The lowest BCUT2D eigenvalue weighted by atomic mass is 9.96. The SMILES string of the molecule is CC(C)CC(NC(=O)C1CC1C)C(=O)N1CCC(CO)CC1. The van der Waals surface area contributed by atoms with Crippen LogP contribution < -0.4 is 5.32 Å². The predicted octanol–water partition coefficient (Wildman–Crippen LogP) is 1.40. The second kappa shape index (κ2) is 7.44. The van der Waals surface area contributed by atoms with Gasteiger partial charge in [-0.2, -0.15) is 0 Å². The van der Waals surface area contributed by atoms with Gasteiger partial charge < -0.3 is 15.3 Å². The predicted molar refractivity (Wildman–Crippen MR) is 85.0 cm³/mol. The summed E-state index contributed by atoms with van der Waals surface area (Å²) in [6.45, 7) is 7.80. The van der Waals surface area contributed by atoms with E-state index < -0.39 is 6.04 Å². The first-order chi connectivity index (χ1) is 10.4. The standard InChI is InChI=1S/C17H30N2O3/c1-11(2)8-15(18-16(21)14-9-12(14)3)17(22)19-6-4-13(10-20)5-7-19/h11-15,20H,4-10H2,1-3H3,(H,18,21). The van der Waals surface area contributed by atoms with E-state index >= 15 is 0 Å². The Bertz CT molecular complexity index is 403. The summed E-state index contributed by atoms with van der Waals surface area (Å²) in [5.41, 5.74) is 0. The lowest BCUT2D eigenvalue weighted by Gasteiger charge is -2.34. The van der Waals surface area contributed by atoms with Crippen LogP contribution in [0.25, 0.3) is 0 Å². The Kier molecular flexibility index (Phi) is 5.84. The third kappa shape index (κ3) is 4.45. The van der Waals surface area contributed by atoms with E-state index in [-0.39, 0.29) is 24.3 Å². The maximum absolute atomic E-state index is 12.7. The average molecular weight is 310 g/mol. The Balaban J connectivity index is 1.92. The summed E-state index contributed by atoms with van der Waals surface area (Å²) in [5, 5.41) is 12.2. The second-order valence-corrected chi connectivity index (χ2v) is 7.46. The molecule has 2 N–H and O–H groups in total. The molecule has 0 radical (unpaired) electrons. The molecule has 3 atom stereocenters. The zero-order valence-electron chi connectivity index (χ0n) is 14.0. The van der Waals surface area contributed by atoms with Crippen molar-refractivity contribution in [2.24, 2.45) is 23.7 Å². The Morgan fingerprint density at radius 1 is 1.27 bits per heavy atom. The highest BCUT2D eigenvalue weighted by molar-refractivity contribution is 5.89.